The molecule has 88 valence electrons. The van der Waals surface area contributed by atoms with Gasteiger partial charge in [0.1, 0.15) is 0 Å². The van der Waals surface area contributed by atoms with E-state index in [1.807, 2.05) is 11.8 Å². The normalized spacial score (nSPS) is 18.9. The van der Waals surface area contributed by atoms with Crippen molar-refractivity contribution in [2.45, 2.75) is 36.6 Å². The molecule has 0 radical (unpaired) electrons. The van der Waals surface area contributed by atoms with Crippen LogP contribution in [0.4, 0.5) is 0 Å². The smallest absolute Gasteiger partial charge is 0.0346 e. The predicted molar refractivity (Wildman–Crippen MR) is 72.0 cm³/mol. The molecule has 1 aromatic rings. The molecule has 0 heterocycles. The number of thioether (sulfide) groups is 1. The Morgan fingerprint density at radius 2 is 1.81 bits per heavy atom. The first kappa shape index (κ1) is 12.0. The molecule has 0 bridgehead atoms. The quantitative estimate of drug-likeness (QED) is 0.795. The maximum absolute atomic E-state index is 3.49. The molecule has 1 aliphatic rings. The summed E-state index contributed by atoms with van der Waals surface area (Å²) < 4.78 is 0. The highest BCUT2D eigenvalue weighted by Crippen LogP contribution is 2.35. The van der Waals surface area contributed by atoms with Gasteiger partial charge in [-0.15, -0.1) is 11.8 Å². The first-order valence-corrected chi connectivity index (χ1v) is 7.39. The van der Waals surface area contributed by atoms with Crippen molar-refractivity contribution >= 4 is 11.8 Å². The molecular formula is C14H21NS. The minimum atomic E-state index is 0.554. The summed E-state index contributed by atoms with van der Waals surface area (Å²) in [6, 6.07) is 9.59. The zero-order valence-electron chi connectivity index (χ0n) is 10.2. The van der Waals surface area contributed by atoms with Crippen molar-refractivity contribution in [2.24, 2.45) is 5.92 Å². The molecule has 1 aromatic carbocycles. The minimum absolute atomic E-state index is 0.554. The van der Waals surface area contributed by atoms with Crippen LogP contribution in [0.2, 0.25) is 0 Å². The van der Waals surface area contributed by atoms with Crippen molar-refractivity contribution in [3.63, 3.8) is 0 Å². The Kier molecular flexibility index (Phi) is 4.30. The van der Waals surface area contributed by atoms with Crippen molar-refractivity contribution in [3.8, 4) is 0 Å². The summed E-state index contributed by atoms with van der Waals surface area (Å²) in [5.41, 5.74) is 1.45. The van der Waals surface area contributed by atoms with Crippen LogP contribution in [-0.2, 0) is 0 Å². The van der Waals surface area contributed by atoms with Crippen molar-refractivity contribution < 1.29 is 0 Å². The molecule has 0 aliphatic heterocycles. The first-order chi connectivity index (χ1) is 7.85. The van der Waals surface area contributed by atoms with Crippen molar-refractivity contribution in [1.82, 2.24) is 5.32 Å². The molecule has 16 heavy (non-hydrogen) atoms. The minimum Gasteiger partial charge on any atom is -0.313 e. The number of hydrogen-bond acceptors (Lipinski definition) is 2. The van der Waals surface area contributed by atoms with Gasteiger partial charge in [-0.05, 0) is 49.8 Å². The summed E-state index contributed by atoms with van der Waals surface area (Å²) in [5.74, 6) is 0.838. The van der Waals surface area contributed by atoms with Gasteiger partial charge in [-0.3, -0.25) is 0 Å². The van der Waals surface area contributed by atoms with Crippen molar-refractivity contribution in [2.75, 3.05) is 13.3 Å². The van der Waals surface area contributed by atoms with E-state index in [4.69, 9.17) is 0 Å². The van der Waals surface area contributed by atoms with Gasteiger partial charge >= 0.3 is 0 Å². The molecule has 0 amide bonds. The fourth-order valence-electron chi connectivity index (χ4n) is 2.78. The van der Waals surface area contributed by atoms with Gasteiger partial charge in [-0.25, -0.2) is 0 Å². The summed E-state index contributed by atoms with van der Waals surface area (Å²) in [6.07, 6.45) is 7.71. The van der Waals surface area contributed by atoms with E-state index in [9.17, 15) is 0 Å². The lowest BCUT2D eigenvalue weighted by Crippen LogP contribution is -2.23. The predicted octanol–water partition coefficient (Wildman–Crippen LogP) is 3.86. The Bertz CT molecular complexity index is 314. The fourth-order valence-corrected chi connectivity index (χ4v) is 3.18. The summed E-state index contributed by atoms with van der Waals surface area (Å²) in [4.78, 5) is 1.35. The highest BCUT2D eigenvalue weighted by atomic mass is 32.2. The number of hydrogen-bond donors (Lipinski definition) is 1. The molecule has 0 spiro atoms. The zero-order valence-corrected chi connectivity index (χ0v) is 11.0. The average Bonchev–Trinajstić information content (AvgIpc) is 2.85. The second kappa shape index (κ2) is 5.74. The highest BCUT2D eigenvalue weighted by Gasteiger charge is 2.24. The monoisotopic (exact) mass is 235 g/mol. The van der Waals surface area contributed by atoms with Crippen LogP contribution in [0.25, 0.3) is 0 Å². The lowest BCUT2D eigenvalue weighted by Gasteiger charge is -2.23. The van der Waals surface area contributed by atoms with Gasteiger partial charge in [0.05, 0.1) is 0 Å². The topological polar surface area (TPSA) is 12.0 Å². The van der Waals surface area contributed by atoms with Gasteiger partial charge in [0.25, 0.3) is 0 Å². The molecule has 1 saturated carbocycles. The molecule has 1 N–H and O–H groups in total. The lowest BCUT2D eigenvalue weighted by molar-refractivity contribution is 0.390. The third-order valence-electron chi connectivity index (χ3n) is 3.66. The summed E-state index contributed by atoms with van der Waals surface area (Å²) in [5, 5.41) is 3.49. The van der Waals surface area contributed by atoms with Crippen LogP contribution in [-0.4, -0.2) is 13.3 Å². The molecule has 0 aromatic heterocycles. The average molecular weight is 235 g/mol. The standard InChI is InChI=1S/C14H21NS/c1-15-14(11-5-3-4-6-11)12-7-9-13(16-2)10-8-12/h7-11,14-15H,3-6H2,1-2H3. The van der Waals surface area contributed by atoms with Crippen LogP contribution in [0.1, 0.15) is 37.3 Å². The Labute approximate surface area is 103 Å². The first-order valence-electron chi connectivity index (χ1n) is 6.16. The van der Waals surface area contributed by atoms with Gasteiger partial charge in [0, 0.05) is 10.9 Å². The third-order valence-corrected chi connectivity index (χ3v) is 4.40. The van der Waals surface area contributed by atoms with Gasteiger partial charge in [-0.1, -0.05) is 25.0 Å². The van der Waals surface area contributed by atoms with Crippen LogP contribution in [0, 0.1) is 5.92 Å². The summed E-state index contributed by atoms with van der Waals surface area (Å²) >= 11 is 1.81. The lowest BCUT2D eigenvalue weighted by atomic mass is 9.92. The van der Waals surface area contributed by atoms with Gasteiger partial charge in [0.15, 0.2) is 0 Å². The van der Waals surface area contributed by atoms with E-state index >= 15 is 0 Å². The van der Waals surface area contributed by atoms with E-state index in [-0.39, 0.29) is 0 Å². The Morgan fingerprint density at radius 3 is 2.31 bits per heavy atom. The fraction of sp³-hybridized carbons (Fsp3) is 0.571. The maximum Gasteiger partial charge on any atom is 0.0346 e. The van der Waals surface area contributed by atoms with E-state index in [2.05, 4.69) is 42.9 Å². The van der Waals surface area contributed by atoms with Crippen LogP contribution < -0.4 is 5.32 Å². The molecule has 2 rings (SSSR count). The Hall–Kier alpha value is -0.470. The number of benzene rings is 1. The van der Waals surface area contributed by atoms with Gasteiger partial charge in [0.2, 0.25) is 0 Å². The molecule has 1 nitrogen and oxygen atoms in total. The molecular weight excluding hydrogens is 214 g/mol. The molecule has 1 atom stereocenters. The van der Waals surface area contributed by atoms with Crippen LogP contribution in [0.3, 0.4) is 0 Å². The molecule has 1 fully saturated rings. The highest BCUT2D eigenvalue weighted by molar-refractivity contribution is 7.98. The largest absolute Gasteiger partial charge is 0.313 e. The maximum atomic E-state index is 3.49. The summed E-state index contributed by atoms with van der Waals surface area (Å²) in [6.45, 7) is 0. The number of rotatable bonds is 4. The Morgan fingerprint density at radius 1 is 1.19 bits per heavy atom. The molecule has 0 saturated heterocycles. The van der Waals surface area contributed by atoms with E-state index in [1.54, 1.807) is 0 Å². The Balaban J connectivity index is 2.12. The third kappa shape index (κ3) is 2.61. The second-order valence-electron chi connectivity index (χ2n) is 4.58. The van der Waals surface area contributed by atoms with Crippen LogP contribution >= 0.6 is 11.8 Å². The molecule has 1 unspecified atom stereocenters. The van der Waals surface area contributed by atoms with Gasteiger partial charge in [-0.2, -0.15) is 0 Å². The number of nitrogens with one attached hydrogen (secondary N) is 1. The van der Waals surface area contributed by atoms with E-state index in [0.29, 0.717) is 6.04 Å². The second-order valence-corrected chi connectivity index (χ2v) is 5.46. The molecule has 1 aliphatic carbocycles. The van der Waals surface area contributed by atoms with Crippen LogP contribution in [0.15, 0.2) is 29.2 Å². The SMILES string of the molecule is CNC(c1ccc(SC)cc1)C1CCCC1. The van der Waals surface area contributed by atoms with Gasteiger partial charge < -0.3 is 5.32 Å². The van der Waals surface area contributed by atoms with Crippen LogP contribution in [0.5, 0.6) is 0 Å². The van der Waals surface area contributed by atoms with Crippen molar-refractivity contribution in [3.05, 3.63) is 29.8 Å². The van der Waals surface area contributed by atoms with E-state index in [0.717, 1.165) is 5.92 Å². The van der Waals surface area contributed by atoms with Crippen molar-refractivity contribution in [1.29, 1.82) is 0 Å². The summed E-state index contributed by atoms with van der Waals surface area (Å²) in [7, 11) is 2.09. The molecule has 2 heteroatoms. The zero-order chi connectivity index (χ0) is 11.4. The van der Waals surface area contributed by atoms with E-state index in [1.165, 1.54) is 36.1 Å². The van der Waals surface area contributed by atoms with E-state index < -0.39 is 0 Å².